The summed E-state index contributed by atoms with van der Waals surface area (Å²) >= 11 is 0. The molecule has 3 rings (SSSR count). The monoisotopic (exact) mass is 447 g/mol. The zero-order chi connectivity index (χ0) is 23.1. The highest BCUT2D eigenvalue weighted by atomic mass is 19.1. The number of hydrogen-bond acceptors (Lipinski definition) is 7. The van der Waals surface area contributed by atoms with E-state index in [1.807, 2.05) is 19.2 Å². The maximum absolute atomic E-state index is 13.2. The molecule has 0 saturated carbocycles. The summed E-state index contributed by atoms with van der Waals surface area (Å²) in [6, 6.07) is 7.26. The van der Waals surface area contributed by atoms with Crippen molar-refractivity contribution in [2.24, 2.45) is 7.05 Å². The third-order valence-electron chi connectivity index (χ3n) is 4.58. The van der Waals surface area contributed by atoms with Crippen molar-refractivity contribution in [2.75, 3.05) is 44.4 Å². The predicted molar refractivity (Wildman–Crippen MR) is 118 cm³/mol. The molecule has 1 aliphatic rings. The molecule has 0 aliphatic carbocycles. The first-order valence-corrected chi connectivity index (χ1v) is 10.5. The minimum atomic E-state index is -0.618. The summed E-state index contributed by atoms with van der Waals surface area (Å²) in [5.41, 5.74) is 0.509. The molecule has 1 aromatic carbocycles. The van der Waals surface area contributed by atoms with Crippen LogP contribution in [0.3, 0.4) is 0 Å². The first-order chi connectivity index (χ1) is 15.2. The molecule has 174 valence electrons. The first kappa shape index (κ1) is 23.5. The van der Waals surface area contributed by atoms with Crippen molar-refractivity contribution in [3.8, 4) is 17.1 Å². The quantitative estimate of drug-likeness (QED) is 0.698. The average molecular weight is 448 g/mol. The molecule has 0 spiro atoms. The molecular formula is C22H30FN5O4. The third kappa shape index (κ3) is 6.68. The van der Waals surface area contributed by atoms with Crippen LogP contribution in [0, 0.1) is 0 Å². The lowest BCUT2D eigenvalue weighted by Gasteiger charge is -2.26. The van der Waals surface area contributed by atoms with Crippen LogP contribution < -0.4 is 15.0 Å². The smallest absolute Gasteiger partial charge is 0.407 e. The van der Waals surface area contributed by atoms with Gasteiger partial charge in [0, 0.05) is 37.8 Å². The highest BCUT2D eigenvalue weighted by molar-refractivity contribution is 5.68. The largest absolute Gasteiger partial charge is 0.489 e. The standard InChI is InChI=1S/C22H30FN5O4/c1-22(2,3)32-21(29)24-14-16(13-23)15-31-18-7-5-17(6-8-18)19-25-20(27(4)26-19)28-9-11-30-12-10-28/h5-8,13H,9-12,14-15H2,1-4H3,(H,24,29)/b16-13+. The topological polar surface area (TPSA) is 90.7 Å². The fourth-order valence-corrected chi connectivity index (χ4v) is 3.03. The Labute approximate surface area is 187 Å². The van der Waals surface area contributed by atoms with Crippen molar-refractivity contribution in [1.29, 1.82) is 0 Å². The molecule has 0 bridgehead atoms. The van der Waals surface area contributed by atoms with Crippen molar-refractivity contribution >= 4 is 12.0 Å². The predicted octanol–water partition coefficient (Wildman–Crippen LogP) is 3.08. The van der Waals surface area contributed by atoms with Gasteiger partial charge in [-0.1, -0.05) is 0 Å². The van der Waals surface area contributed by atoms with Gasteiger partial charge in [0.05, 0.1) is 19.5 Å². The van der Waals surface area contributed by atoms with Gasteiger partial charge in [-0.15, -0.1) is 5.10 Å². The SMILES string of the molecule is Cn1nc(-c2ccc(OC/C(=C/F)CNC(=O)OC(C)(C)C)cc2)nc1N1CCOCC1. The van der Waals surface area contributed by atoms with Crippen LogP contribution in [0.25, 0.3) is 11.4 Å². The lowest BCUT2D eigenvalue weighted by Crippen LogP contribution is -2.37. The van der Waals surface area contributed by atoms with E-state index in [1.165, 1.54) is 0 Å². The van der Waals surface area contributed by atoms with Gasteiger partial charge < -0.3 is 24.4 Å². The Kier molecular flexibility index (Phi) is 7.68. The van der Waals surface area contributed by atoms with Crippen LogP contribution in [0.5, 0.6) is 5.75 Å². The van der Waals surface area contributed by atoms with Gasteiger partial charge in [0.1, 0.15) is 18.0 Å². The second-order valence-corrected chi connectivity index (χ2v) is 8.39. The van der Waals surface area contributed by atoms with Gasteiger partial charge in [-0.05, 0) is 45.0 Å². The van der Waals surface area contributed by atoms with Crippen molar-refractivity contribution in [3.63, 3.8) is 0 Å². The molecule has 1 aromatic heterocycles. The Morgan fingerprint density at radius 2 is 1.94 bits per heavy atom. The number of rotatable bonds is 7. The van der Waals surface area contributed by atoms with Crippen LogP contribution in [0.15, 0.2) is 36.2 Å². The van der Waals surface area contributed by atoms with E-state index in [-0.39, 0.29) is 18.7 Å². The van der Waals surface area contributed by atoms with E-state index in [0.29, 0.717) is 31.1 Å². The number of hydrogen-bond donors (Lipinski definition) is 1. The Bertz CT molecular complexity index is 931. The molecule has 1 fully saturated rings. The van der Waals surface area contributed by atoms with Crippen LogP contribution in [-0.2, 0) is 16.5 Å². The van der Waals surface area contributed by atoms with Crippen molar-refractivity contribution in [3.05, 3.63) is 36.2 Å². The van der Waals surface area contributed by atoms with Crippen LogP contribution in [-0.4, -0.2) is 65.9 Å². The average Bonchev–Trinajstić information content (AvgIpc) is 3.15. The third-order valence-corrected chi connectivity index (χ3v) is 4.58. The van der Waals surface area contributed by atoms with Crippen molar-refractivity contribution < 1.29 is 23.4 Å². The minimum Gasteiger partial charge on any atom is -0.489 e. The van der Waals surface area contributed by atoms with Crippen LogP contribution in [0.4, 0.5) is 15.1 Å². The van der Waals surface area contributed by atoms with Gasteiger partial charge in [-0.3, -0.25) is 0 Å². The number of morpholine rings is 1. The van der Waals surface area contributed by atoms with Gasteiger partial charge in [0.2, 0.25) is 5.95 Å². The zero-order valence-corrected chi connectivity index (χ0v) is 18.9. The second-order valence-electron chi connectivity index (χ2n) is 8.39. The van der Waals surface area contributed by atoms with E-state index in [1.54, 1.807) is 37.6 Å². The van der Waals surface area contributed by atoms with E-state index in [2.05, 4.69) is 20.3 Å². The first-order valence-electron chi connectivity index (χ1n) is 10.5. The summed E-state index contributed by atoms with van der Waals surface area (Å²) in [6.45, 7) is 8.19. The molecule has 1 saturated heterocycles. The molecule has 2 heterocycles. The molecule has 2 aromatic rings. The lowest BCUT2D eigenvalue weighted by molar-refractivity contribution is 0.0531. The summed E-state index contributed by atoms with van der Waals surface area (Å²) in [5, 5.41) is 7.02. The van der Waals surface area contributed by atoms with E-state index < -0.39 is 11.7 Å². The molecule has 1 aliphatic heterocycles. The molecular weight excluding hydrogens is 417 g/mol. The summed E-state index contributed by atoms with van der Waals surface area (Å²) in [6.07, 6.45) is -0.183. The van der Waals surface area contributed by atoms with E-state index in [4.69, 9.17) is 14.2 Å². The maximum atomic E-state index is 13.2. The number of benzene rings is 1. The molecule has 9 nitrogen and oxygen atoms in total. The summed E-state index contributed by atoms with van der Waals surface area (Å²) in [5.74, 6) is 1.99. The number of amides is 1. The molecule has 0 radical (unpaired) electrons. The molecule has 1 N–H and O–H groups in total. The summed E-state index contributed by atoms with van der Waals surface area (Å²) in [4.78, 5) is 18.5. The summed E-state index contributed by atoms with van der Waals surface area (Å²) < 4.78 is 31.1. The normalized spacial score (nSPS) is 14.9. The number of halogens is 1. The second kappa shape index (κ2) is 10.4. The number of nitrogens with one attached hydrogen (secondary N) is 1. The number of aromatic nitrogens is 3. The molecule has 32 heavy (non-hydrogen) atoms. The lowest BCUT2D eigenvalue weighted by atomic mass is 10.2. The van der Waals surface area contributed by atoms with E-state index in [0.717, 1.165) is 24.6 Å². The van der Waals surface area contributed by atoms with Crippen LogP contribution in [0.2, 0.25) is 0 Å². The Morgan fingerprint density at radius 1 is 1.25 bits per heavy atom. The fourth-order valence-electron chi connectivity index (χ4n) is 3.03. The Morgan fingerprint density at radius 3 is 2.56 bits per heavy atom. The van der Waals surface area contributed by atoms with E-state index in [9.17, 15) is 9.18 Å². The number of ether oxygens (including phenoxy) is 3. The highest BCUT2D eigenvalue weighted by Crippen LogP contribution is 2.23. The number of carbonyl (C=O) groups excluding carboxylic acids is 1. The molecule has 1 amide bonds. The van der Waals surface area contributed by atoms with Crippen LogP contribution >= 0.6 is 0 Å². The van der Waals surface area contributed by atoms with Crippen molar-refractivity contribution in [2.45, 2.75) is 26.4 Å². The highest BCUT2D eigenvalue weighted by Gasteiger charge is 2.19. The number of anilines is 1. The number of aryl methyl sites for hydroxylation is 1. The van der Waals surface area contributed by atoms with Gasteiger partial charge in [-0.2, -0.15) is 4.98 Å². The fraction of sp³-hybridized carbons (Fsp3) is 0.500. The van der Waals surface area contributed by atoms with Gasteiger partial charge in [0.15, 0.2) is 5.82 Å². The molecule has 0 atom stereocenters. The van der Waals surface area contributed by atoms with Gasteiger partial charge in [-0.25, -0.2) is 13.9 Å². The minimum absolute atomic E-state index is 0.00530. The summed E-state index contributed by atoms with van der Waals surface area (Å²) in [7, 11) is 1.87. The Balaban J connectivity index is 1.54. The number of alkyl carbamates (subject to hydrolysis) is 1. The zero-order valence-electron chi connectivity index (χ0n) is 18.9. The molecule has 0 unspecified atom stereocenters. The molecule has 10 heteroatoms. The van der Waals surface area contributed by atoms with Crippen LogP contribution in [0.1, 0.15) is 20.8 Å². The van der Waals surface area contributed by atoms with Crippen molar-refractivity contribution in [1.82, 2.24) is 20.1 Å². The maximum Gasteiger partial charge on any atom is 0.407 e. The van der Waals surface area contributed by atoms with E-state index >= 15 is 0 Å². The van der Waals surface area contributed by atoms with Gasteiger partial charge in [0.25, 0.3) is 0 Å². The number of nitrogens with zero attached hydrogens (tertiary/aromatic N) is 4. The number of carbonyl (C=O) groups is 1. The van der Waals surface area contributed by atoms with Gasteiger partial charge >= 0.3 is 6.09 Å². The Hall–Kier alpha value is -3.14.